The van der Waals surface area contributed by atoms with Crippen LogP contribution in [0.2, 0.25) is 0 Å². The van der Waals surface area contributed by atoms with Crippen molar-refractivity contribution in [1.29, 1.82) is 0 Å². The van der Waals surface area contributed by atoms with Gasteiger partial charge in [-0.25, -0.2) is 0 Å². The zero-order valence-electron chi connectivity index (χ0n) is 23.3. The molecule has 0 atom stereocenters. The molecule has 0 radical (unpaired) electrons. The Kier molecular flexibility index (Phi) is 9.04. The van der Waals surface area contributed by atoms with Gasteiger partial charge < -0.3 is 0 Å². The fraction of sp³-hybridized carbons (Fsp3) is 0.114. The van der Waals surface area contributed by atoms with E-state index in [0.717, 1.165) is 25.2 Å². The molecule has 0 saturated carbocycles. The Morgan fingerprint density at radius 3 is 1.83 bits per heavy atom. The molecular weight excluding hydrogens is 750 g/mol. The molecule has 1 saturated heterocycles. The van der Waals surface area contributed by atoms with Crippen LogP contribution in [-0.2, 0) is 22.7 Å². The third-order valence-electron chi connectivity index (χ3n) is 7.23. The molecule has 3 aromatic carbocycles. The first-order chi connectivity index (χ1) is 20.7. The summed E-state index contributed by atoms with van der Waals surface area (Å²) in [6.07, 6.45) is 8.55. The Morgan fingerprint density at radius 1 is 0.786 bits per heavy atom. The molecule has 0 spiro atoms. The predicted octanol–water partition coefficient (Wildman–Crippen LogP) is 7.90. The van der Waals surface area contributed by atoms with Crippen LogP contribution in [0.5, 0.6) is 0 Å². The Labute approximate surface area is 265 Å². The Hall–Kier alpha value is -3.05. The van der Waals surface area contributed by atoms with Crippen molar-refractivity contribution in [2.75, 3.05) is 13.2 Å². The number of nitrogens with zero attached hydrogens (tertiary/aromatic N) is 2. The van der Waals surface area contributed by atoms with Crippen LogP contribution in [0, 0.1) is 4.37 Å². The summed E-state index contributed by atoms with van der Waals surface area (Å²) >= 11 is 5.09. The van der Waals surface area contributed by atoms with Crippen LogP contribution in [0.15, 0.2) is 126 Å². The average molecular weight is 779 g/mol. The van der Waals surface area contributed by atoms with Crippen molar-refractivity contribution >= 4 is 67.2 Å². The fourth-order valence-corrected chi connectivity index (χ4v) is 13.2. The van der Waals surface area contributed by atoms with Crippen molar-refractivity contribution in [3.8, 4) is 4.37 Å². The second kappa shape index (κ2) is 13.1. The quantitative estimate of drug-likeness (QED) is 0.158. The number of ether oxygens (including phenoxy) is 1. The number of aromatic nitrogens is 2. The third kappa shape index (κ3) is 5.41. The third-order valence-corrected chi connectivity index (χ3v) is 14.6. The number of hydrogen-bond donors (Lipinski definition) is 0. The van der Waals surface area contributed by atoms with Crippen molar-refractivity contribution in [3.63, 3.8) is 0 Å². The zero-order chi connectivity index (χ0) is 28.9. The van der Waals surface area contributed by atoms with Gasteiger partial charge in [-0.3, -0.25) is 0 Å². The summed E-state index contributed by atoms with van der Waals surface area (Å²) in [4.78, 5) is 12.1. The standard InChI is InChI=1S/C35H29N2OPS2.Os/c1-4-15-32-36-34-35(40-32)37-33(41-34)31(22-27-24-38-23-26(27)5-2)25(3)39(28-16-9-6-10-17-28,29-18-11-7-12-19-29)30-20-13-8-14-21-30;/h4-22H,23-24H2,1-2H3;/q+1;/b15-4+,26-5?,27-22?,31-25?;. The van der Waals surface area contributed by atoms with Crippen LogP contribution in [-0.4, -0.2) is 23.2 Å². The molecule has 0 aliphatic carbocycles. The van der Waals surface area contributed by atoms with E-state index in [-0.39, 0.29) is 0 Å². The predicted molar refractivity (Wildman–Crippen MR) is 179 cm³/mol. The molecule has 0 amide bonds. The van der Waals surface area contributed by atoms with Gasteiger partial charge in [0.1, 0.15) is 0 Å². The van der Waals surface area contributed by atoms with Crippen molar-refractivity contribution < 1.29 is 22.7 Å². The van der Waals surface area contributed by atoms with Crippen molar-refractivity contribution in [2.24, 2.45) is 0 Å². The summed E-state index contributed by atoms with van der Waals surface area (Å²) in [5, 5.41) is 6.98. The molecule has 2 aromatic heterocycles. The SMILES string of the molecule is CC=C1COCC1=CC(=C([C]#[Os])[P+](c1ccccc1)(c1ccccc1)c1ccccc1)c1nc2sc(/C=C/C)nc2s1. The molecule has 0 bridgehead atoms. The normalized spacial score (nSPS) is 16.4. The summed E-state index contributed by atoms with van der Waals surface area (Å²) in [6, 6.07) is 32.9. The Bertz CT molecular complexity index is 1750. The zero-order valence-corrected chi connectivity index (χ0v) is 28.4. The van der Waals surface area contributed by atoms with E-state index in [1.54, 1.807) is 40.6 Å². The van der Waals surface area contributed by atoms with E-state index in [0.29, 0.717) is 13.2 Å². The maximum absolute atomic E-state index is 5.93. The van der Waals surface area contributed by atoms with Crippen LogP contribution in [0.25, 0.3) is 21.3 Å². The van der Waals surface area contributed by atoms with E-state index in [2.05, 4.69) is 114 Å². The molecule has 6 rings (SSSR count). The van der Waals surface area contributed by atoms with Gasteiger partial charge in [0.05, 0.1) is 0 Å². The molecule has 7 heteroatoms. The van der Waals surface area contributed by atoms with Crippen molar-refractivity contribution in [2.45, 2.75) is 13.8 Å². The monoisotopic (exact) mass is 780 g/mol. The van der Waals surface area contributed by atoms with Gasteiger partial charge in [0.25, 0.3) is 0 Å². The summed E-state index contributed by atoms with van der Waals surface area (Å²) in [5.74, 6) is 0. The molecule has 0 N–H and O–H groups in total. The van der Waals surface area contributed by atoms with Gasteiger partial charge in [0.15, 0.2) is 0 Å². The van der Waals surface area contributed by atoms with E-state index < -0.39 is 7.26 Å². The van der Waals surface area contributed by atoms with E-state index in [1.165, 1.54) is 32.4 Å². The minimum absolute atomic E-state index is 0.583. The summed E-state index contributed by atoms with van der Waals surface area (Å²) in [7, 11) is -2.41. The Morgan fingerprint density at radius 2 is 1.33 bits per heavy atom. The van der Waals surface area contributed by atoms with Gasteiger partial charge in [-0.15, -0.1) is 0 Å². The van der Waals surface area contributed by atoms with Gasteiger partial charge >= 0.3 is 267 Å². The topological polar surface area (TPSA) is 35.0 Å². The van der Waals surface area contributed by atoms with Crippen LogP contribution >= 0.6 is 29.9 Å². The van der Waals surface area contributed by atoms with Gasteiger partial charge in [-0.05, 0) is 0 Å². The molecule has 42 heavy (non-hydrogen) atoms. The molecule has 3 nitrogen and oxygen atoms in total. The molecular formula is C35H29N2OOsPS2+. The van der Waals surface area contributed by atoms with Crippen LogP contribution in [0.1, 0.15) is 23.9 Å². The first-order valence-corrected chi connectivity index (χ1v) is 18.4. The maximum atomic E-state index is 5.93. The number of hydrogen-bond acceptors (Lipinski definition) is 5. The molecule has 0 unspecified atom stereocenters. The first-order valence-electron chi connectivity index (χ1n) is 13.7. The summed E-state index contributed by atoms with van der Waals surface area (Å²) in [6.45, 7) is 5.32. The van der Waals surface area contributed by atoms with E-state index in [4.69, 9.17) is 14.7 Å². The fourth-order valence-electron chi connectivity index (χ4n) is 5.33. The minimum atomic E-state index is -2.41. The number of benzene rings is 3. The second-order valence-electron chi connectivity index (χ2n) is 9.69. The number of rotatable bonds is 7. The molecule has 1 aliphatic rings. The van der Waals surface area contributed by atoms with Crippen molar-refractivity contribution in [3.05, 3.63) is 136 Å². The van der Waals surface area contributed by atoms with Gasteiger partial charge in [-0.2, -0.15) is 0 Å². The van der Waals surface area contributed by atoms with Gasteiger partial charge in [0.2, 0.25) is 0 Å². The molecule has 1 fully saturated rings. The van der Waals surface area contributed by atoms with Crippen molar-refractivity contribution in [1.82, 2.24) is 9.97 Å². The Balaban J connectivity index is 1.75. The van der Waals surface area contributed by atoms with E-state index in [9.17, 15) is 0 Å². The number of thiazole rings is 2. The number of allylic oxidation sites excluding steroid dienone is 5. The van der Waals surface area contributed by atoms with Crippen LogP contribution < -0.4 is 15.9 Å². The van der Waals surface area contributed by atoms with Gasteiger partial charge in [0, 0.05) is 0 Å². The summed E-state index contributed by atoms with van der Waals surface area (Å²) in [5.41, 5.74) is 3.51. The number of fused-ring (bicyclic) bond motifs is 1. The second-order valence-corrected chi connectivity index (χ2v) is 15.6. The molecule has 5 aromatic rings. The van der Waals surface area contributed by atoms with Gasteiger partial charge in [-0.1, -0.05) is 0 Å². The average Bonchev–Trinajstić information content (AvgIpc) is 3.76. The molecule has 1 aliphatic heterocycles. The first kappa shape index (κ1) is 29.0. The molecule has 209 valence electrons. The summed E-state index contributed by atoms with van der Waals surface area (Å²) < 4.78 is 9.74. The van der Waals surface area contributed by atoms with E-state index in [1.807, 2.05) is 19.1 Å². The van der Waals surface area contributed by atoms with Crippen LogP contribution in [0.4, 0.5) is 0 Å². The molecule has 3 heterocycles. The van der Waals surface area contributed by atoms with E-state index >= 15 is 0 Å². The van der Waals surface area contributed by atoms with Crippen LogP contribution in [0.3, 0.4) is 0 Å².